The van der Waals surface area contributed by atoms with Gasteiger partial charge >= 0.3 is 0 Å². The number of H-pyrrole nitrogens is 1. The summed E-state index contributed by atoms with van der Waals surface area (Å²) in [7, 11) is 0. The van der Waals surface area contributed by atoms with Gasteiger partial charge in [0.05, 0.1) is 23.8 Å². The quantitative estimate of drug-likeness (QED) is 0.842. The van der Waals surface area contributed by atoms with E-state index in [0.717, 1.165) is 30.7 Å². The fourth-order valence-corrected chi connectivity index (χ4v) is 3.39. The average molecular weight is 262 g/mol. The van der Waals surface area contributed by atoms with E-state index >= 15 is 0 Å². The topological polar surface area (TPSA) is 61.0 Å². The number of amides is 1. The first-order valence-electron chi connectivity index (χ1n) is 7.27. The van der Waals surface area contributed by atoms with Gasteiger partial charge in [-0.2, -0.15) is 0 Å². The molecule has 104 valence electrons. The lowest BCUT2D eigenvalue weighted by Gasteiger charge is -2.33. The van der Waals surface area contributed by atoms with Crippen LogP contribution in [-0.2, 0) is 17.8 Å². The lowest BCUT2D eigenvalue weighted by Crippen LogP contribution is -2.52. The second-order valence-corrected chi connectivity index (χ2v) is 5.70. The van der Waals surface area contributed by atoms with Gasteiger partial charge in [-0.1, -0.05) is 6.92 Å². The van der Waals surface area contributed by atoms with E-state index in [-0.39, 0.29) is 11.9 Å². The van der Waals surface area contributed by atoms with Crippen LogP contribution in [0.4, 0.5) is 0 Å². The molecule has 1 fully saturated rings. The minimum Gasteiger partial charge on any atom is -0.347 e. The number of aromatic nitrogens is 2. The van der Waals surface area contributed by atoms with E-state index in [9.17, 15) is 4.79 Å². The van der Waals surface area contributed by atoms with Gasteiger partial charge in [-0.05, 0) is 26.2 Å². The summed E-state index contributed by atoms with van der Waals surface area (Å²) in [5, 5.41) is 3.34. The molecule has 1 amide bonds. The number of rotatable bonds is 2. The molecule has 0 spiro atoms. The van der Waals surface area contributed by atoms with E-state index in [0.29, 0.717) is 25.0 Å². The fourth-order valence-electron chi connectivity index (χ4n) is 3.39. The van der Waals surface area contributed by atoms with Crippen LogP contribution in [0.2, 0.25) is 0 Å². The average Bonchev–Trinajstić information content (AvgIpc) is 3.02. The van der Waals surface area contributed by atoms with Crippen LogP contribution >= 0.6 is 0 Å². The molecule has 3 rings (SSSR count). The van der Waals surface area contributed by atoms with Crippen molar-refractivity contribution in [3.05, 3.63) is 17.7 Å². The zero-order valence-corrected chi connectivity index (χ0v) is 11.6. The Morgan fingerprint density at radius 3 is 3.16 bits per heavy atom. The van der Waals surface area contributed by atoms with Crippen molar-refractivity contribution in [2.45, 2.75) is 64.2 Å². The summed E-state index contributed by atoms with van der Waals surface area (Å²) in [6.45, 7) is 5.05. The van der Waals surface area contributed by atoms with Crippen molar-refractivity contribution in [1.29, 1.82) is 0 Å². The third kappa shape index (κ3) is 2.16. The van der Waals surface area contributed by atoms with Crippen LogP contribution in [0.25, 0.3) is 0 Å². The molecular formula is C14H22N4O. The van der Waals surface area contributed by atoms with Crippen molar-refractivity contribution < 1.29 is 4.79 Å². The van der Waals surface area contributed by atoms with Crippen LogP contribution in [0, 0.1) is 0 Å². The summed E-state index contributed by atoms with van der Waals surface area (Å²) < 4.78 is 0. The number of carbonyl (C=O) groups is 1. The van der Waals surface area contributed by atoms with Crippen molar-refractivity contribution >= 4 is 5.91 Å². The molecule has 1 aromatic rings. The maximum atomic E-state index is 12.7. The molecule has 0 radical (unpaired) electrons. The number of nitrogens with one attached hydrogen (secondary N) is 2. The predicted octanol–water partition coefficient (Wildman–Crippen LogP) is 1.21. The molecule has 1 saturated heterocycles. The molecule has 0 bridgehead atoms. The summed E-state index contributed by atoms with van der Waals surface area (Å²) in [6.07, 6.45) is 5.74. The molecule has 0 aromatic carbocycles. The first kappa shape index (κ1) is 12.7. The molecule has 5 nitrogen and oxygen atoms in total. The fraction of sp³-hybridized carbons (Fsp3) is 0.714. The number of hydrogen-bond acceptors (Lipinski definition) is 3. The first-order valence-corrected chi connectivity index (χ1v) is 7.27. The number of nitrogens with zero attached hydrogens (tertiary/aromatic N) is 2. The first-order chi connectivity index (χ1) is 9.20. The molecule has 1 aromatic heterocycles. The van der Waals surface area contributed by atoms with E-state index in [2.05, 4.69) is 34.0 Å². The summed E-state index contributed by atoms with van der Waals surface area (Å²) in [5.41, 5.74) is 2.16. The molecular weight excluding hydrogens is 240 g/mol. The Kier molecular flexibility index (Phi) is 3.31. The van der Waals surface area contributed by atoms with Gasteiger partial charge in [-0.25, -0.2) is 4.98 Å². The van der Waals surface area contributed by atoms with Crippen LogP contribution in [0.1, 0.15) is 44.5 Å². The Bertz CT molecular complexity index is 470. The van der Waals surface area contributed by atoms with Crippen molar-refractivity contribution in [3.8, 4) is 0 Å². The number of likely N-dealkylation sites (tertiary alicyclic amines) is 1. The third-order valence-corrected chi connectivity index (χ3v) is 4.54. The van der Waals surface area contributed by atoms with Gasteiger partial charge in [0.25, 0.3) is 0 Å². The van der Waals surface area contributed by atoms with Gasteiger partial charge in [-0.15, -0.1) is 0 Å². The second kappa shape index (κ2) is 4.96. The van der Waals surface area contributed by atoms with Crippen molar-refractivity contribution in [3.63, 3.8) is 0 Å². The molecule has 3 unspecified atom stereocenters. The van der Waals surface area contributed by atoms with Crippen molar-refractivity contribution in [2.75, 3.05) is 0 Å². The SMILES string of the molecule is CCC1CCC(C)N1C(=O)C1Cc2nc[nH]c2CN1. The molecule has 0 aliphatic carbocycles. The number of imidazole rings is 1. The largest absolute Gasteiger partial charge is 0.347 e. The minimum atomic E-state index is -0.106. The van der Waals surface area contributed by atoms with Gasteiger partial charge in [0.2, 0.25) is 5.91 Å². The lowest BCUT2D eigenvalue weighted by molar-refractivity contribution is -0.136. The smallest absolute Gasteiger partial charge is 0.240 e. The van der Waals surface area contributed by atoms with Crippen molar-refractivity contribution in [2.24, 2.45) is 0 Å². The van der Waals surface area contributed by atoms with Gasteiger partial charge in [0.15, 0.2) is 0 Å². The van der Waals surface area contributed by atoms with Crippen LogP contribution in [0.15, 0.2) is 6.33 Å². The number of aromatic amines is 1. The molecule has 2 N–H and O–H groups in total. The Morgan fingerprint density at radius 2 is 2.37 bits per heavy atom. The number of carbonyl (C=O) groups excluding carboxylic acids is 1. The highest BCUT2D eigenvalue weighted by molar-refractivity contribution is 5.83. The van der Waals surface area contributed by atoms with Crippen LogP contribution < -0.4 is 5.32 Å². The summed E-state index contributed by atoms with van der Waals surface area (Å²) in [4.78, 5) is 22.3. The Morgan fingerprint density at radius 1 is 1.53 bits per heavy atom. The predicted molar refractivity (Wildman–Crippen MR) is 72.5 cm³/mol. The lowest BCUT2D eigenvalue weighted by atomic mass is 10.0. The molecule has 5 heteroatoms. The molecule has 3 heterocycles. The molecule has 2 aliphatic heterocycles. The summed E-state index contributed by atoms with van der Waals surface area (Å²) in [6, 6.07) is 0.690. The van der Waals surface area contributed by atoms with E-state index in [1.54, 1.807) is 6.33 Å². The Hall–Kier alpha value is -1.36. The Labute approximate surface area is 113 Å². The van der Waals surface area contributed by atoms with E-state index in [4.69, 9.17) is 0 Å². The van der Waals surface area contributed by atoms with Crippen LogP contribution in [-0.4, -0.2) is 38.9 Å². The summed E-state index contributed by atoms with van der Waals surface area (Å²) in [5.74, 6) is 0.255. The van der Waals surface area contributed by atoms with Gasteiger partial charge < -0.3 is 9.88 Å². The zero-order chi connectivity index (χ0) is 13.4. The second-order valence-electron chi connectivity index (χ2n) is 5.70. The van der Waals surface area contributed by atoms with Gasteiger partial charge in [0.1, 0.15) is 0 Å². The van der Waals surface area contributed by atoms with Gasteiger partial charge in [0, 0.05) is 25.0 Å². The highest BCUT2D eigenvalue weighted by Gasteiger charge is 2.37. The van der Waals surface area contributed by atoms with Crippen LogP contribution in [0.3, 0.4) is 0 Å². The van der Waals surface area contributed by atoms with Crippen molar-refractivity contribution in [1.82, 2.24) is 20.2 Å². The van der Waals surface area contributed by atoms with E-state index < -0.39 is 0 Å². The van der Waals surface area contributed by atoms with Crippen LogP contribution in [0.5, 0.6) is 0 Å². The molecule has 19 heavy (non-hydrogen) atoms. The molecule has 3 atom stereocenters. The van der Waals surface area contributed by atoms with E-state index in [1.807, 2.05) is 0 Å². The highest BCUT2D eigenvalue weighted by atomic mass is 16.2. The highest BCUT2D eigenvalue weighted by Crippen LogP contribution is 2.27. The van der Waals surface area contributed by atoms with E-state index in [1.165, 1.54) is 0 Å². The maximum Gasteiger partial charge on any atom is 0.240 e. The number of hydrogen-bond donors (Lipinski definition) is 2. The number of fused-ring (bicyclic) bond motifs is 1. The Balaban J connectivity index is 1.74. The molecule has 0 saturated carbocycles. The maximum absolute atomic E-state index is 12.7. The standard InChI is InChI=1S/C14H22N4O/c1-3-10-5-4-9(2)18(10)14(19)12-6-11-13(7-15-12)17-8-16-11/h8-10,12,15H,3-7H2,1-2H3,(H,16,17). The summed E-state index contributed by atoms with van der Waals surface area (Å²) >= 11 is 0. The third-order valence-electron chi connectivity index (χ3n) is 4.54. The molecule has 2 aliphatic rings. The normalized spacial score (nSPS) is 30.4. The van der Waals surface area contributed by atoms with Gasteiger partial charge in [-0.3, -0.25) is 10.1 Å². The monoisotopic (exact) mass is 262 g/mol. The minimum absolute atomic E-state index is 0.106. The zero-order valence-electron chi connectivity index (χ0n) is 11.6.